The van der Waals surface area contributed by atoms with E-state index in [9.17, 15) is 0 Å². The van der Waals surface area contributed by atoms with Gasteiger partial charge >= 0.3 is 0 Å². The molecule has 1 aromatic heterocycles. The number of allylic oxidation sites excluding steroid dienone is 7. The van der Waals surface area contributed by atoms with Crippen LogP contribution in [0.1, 0.15) is 244 Å². The summed E-state index contributed by atoms with van der Waals surface area (Å²) in [6, 6.07) is 1.57. The minimum atomic E-state index is -0.360. The first-order valence-electron chi connectivity index (χ1n) is 30.5. The van der Waals surface area contributed by atoms with Gasteiger partial charge < -0.3 is 17.2 Å². The summed E-state index contributed by atoms with van der Waals surface area (Å²) >= 11 is 13.9. The second kappa shape index (κ2) is 30.8. The molecule has 2 aromatic rings. The number of hydrogen-bond donors (Lipinski definition) is 3. The molecule has 6 N–H and O–H groups in total. The third kappa shape index (κ3) is 15.6. The number of unbranched alkanes of at least 4 members (excludes halogenated alkanes) is 8. The van der Waals surface area contributed by atoms with Crippen molar-refractivity contribution >= 4 is 88.0 Å². The Bertz CT molecular complexity index is 2360. The summed E-state index contributed by atoms with van der Waals surface area (Å²) in [5.74, 6) is 3.09. The van der Waals surface area contributed by atoms with Crippen molar-refractivity contribution in [2.24, 2.45) is 52.7 Å². The van der Waals surface area contributed by atoms with Gasteiger partial charge in [0.2, 0.25) is 0 Å². The second-order valence-corrected chi connectivity index (χ2v) is 29.3. The van der Waals surface area contributed by atoms with Gasteiger partial charge in [-0.05, 0) is 146 Å². The Morgan fingerprint density at radius 1 is 0.773 bits per heavy atom. The van der Waals surface area contributed by atoms with E-state index in [1.165, 1.54) is 171 Å². The first-order valence-corrected chi connectivity index (χ1v) is 34.7. The zero-order valence-corrected chi connectivity index (χ0v) is 54.1. The van der Waals surface area contributed by atoms with Crippen LogP contribution in [0.2, 0.25) is 0 Å². The molecule has 2 aliphatic heterocycles. The molecule has 12 unspecified atom stereocenters. The summed E-state index contributed by atoms with van der Waals surface area (Å²) in [6.07, 6.45) is 36.5. The number of nitrogens with two attached hydrogens (primary N) is 3. The van der Waals surface area contributed by atoms with Gasteiger partial charge in [0.05, 0.1) is 12.1 Å². The monoisotopic (exact) mass is 1210 g/mol. The van der Waals surface area contributed by atoms with E-state index in [4.69, 9.17) is 17.2 Å². The van der Waals surface area contributed by atoms with Gasteiger partial charge in [-0.3, -0.25) is 0 Å². The third-order valence-corrected chi connectivity index (χ3v) is 24.4. The summed E-state index contributed by atoms with van der Waals surface area (Å²) in [4.78, 5) is 2.64. The SMILES string of the molecule is C=C(C)C1=C(Br)C(N)C(N)C(c2cc3c(C(C)=CC(CCCCCC)C(C)CC(CC)CCCC)c4c(c(C5CC(CCCCCC)C(CC(CC)CCCC)S5)c3s2)CC(C2=CC(F)=C(Br)C(CCC)C2N)S4)=C1. The lowest BCUT2D eigenvalue weighted by Crippen LogP contribution is -2.44. The number of thiophene rings is 1. The topological polar surface area (TPSA) is 78.1 Å². The van der Waals surface area contributed by atoms with E-state index in [2.05, 4.69) is 138 Å². The van der Waals surface area contributed by atoms with E-state index in [1.807, 2.05) is 29.2 Å². The molecule has 0 bridgehead atoms. The van der Waals surface area contributed by atoms with Gasteiger partial charge in [0, 0.05) is 56.5 Å². The van der Waals surface area contributed by atoms with Gasteiger partial charge in [-0.2, -0.15) is 0 Å². The van der Waals surface area contributed by atoms with E-state index in [0.29, 0.717) is 32.7 Å². The van der Waals surface area contributed by atoms with Crippen LogP contribution in [0.15, 0.2) is 67.3 Å². The van der Waals surface area contributed by atoms with E-state index in [0.717, 1.165) is 57.9 Å². The van der Waals surface area contributed by atoms with Gasteiger partial charge in [-0.15, -0.1) is 34.9 Å². The molecule has 2 aliphatic carbocycles. The molecule has 1 aromatic carbocycles. The van der Waals surface area contributed by atoms with Crippen molar-refractivity contribution in [2.45, 2.75) is 262 Å². The Balaban J connectivity index is 1.62. The molecule has 420 valence electrons. The van der Waals surface area contributed by atoms with Crippen LogP contribution >= 0.6 is 66.7 Å². The van der Waals surface area contributed by atoms with Crippen molar-refractivity contribution in [3.63, 3.8) is 0 Å². The first-order chi connectivity index (χ1) is 36.1. The molecule has 75 heavy (non-hydrogen) atoms. The van der Waals surface area contributed by atoms with Gasteiger partial charge in [-0.25, -0.2) is 4.39 Å². The lowest BCUT2D eigenvalue weighted by molar-refractivity contribution is 0.289. The van der Waals surface area contributed by atoms with Crippen molar-refractivity contribution in [3.8, 4) is 0 Å². The summed E-state index contributed by atoms with van der Waals surface area (Å²) in [6.45, 7) is 27.9. The highest BCUT2D eigenvalue weighted by atomic mass is 79.9. The lowest BCUT2D eigenvalue weighted by Gasteiger charge is -2.32. The highest BCUT2D eigenvalue weighted by molar-refractivity contribution is 9.12. The maximum atomic E-state index is 16.3. The number of hydrogen-bond acceptors (Lipinski definition) is 6. The van der Waals surface area contributed by atoms with E-state index < -0.39 is 0 Å². The van der Waals surface area contributed by atoms with Crippen molar-refractivity contribution < 1.29 is 4.39 Å². The molecule has 4 aliphatic rings. The molecule has 0 saturated carbocycles. The molecular weight excluding hydrogens is 1110 g/mol. The van der Waals surface area contributed by atoms with Crippen LogP contribution in [0.5, 0.6) is 0 Å². The zero-order chi connectivity index (χ0) is 54.5. The normalized spacial score (nSPS) is 26.0. The van der Waals surface area contributed by atoms with Crippen LogP contribution in [-0.2, 0) is 6.42 Å². The van der Waals surface area contributed by atoms with Gasteiger partial charge in [0.15, 0.2) is 0 Å². The molecule has 12 atom stereocenters. The Hall–Kier alpha value is -0.910. The van der Waals surface area contributed by atoms with Crippen molar-refractivity contribution in [3.05, 3.63) is 84.0 Å². The summed E-state index contributed by atoms with van der Waals surface area (Å²) in [7, 11) is 0. The maximum absolute atomic E-state index is 16.3. The van der Waals surface area contributed by atoms with Crippen LogP contribution in [0.25, 0.3) is 21.2 Å². The fraction of sp³-hybridized carbons (Fsp3) is 0.697. The predicted molar refractivity (Wildman–Crippen MR) is 343 cm³/mol. The fourth-order valence-electron chi connectivity index (χ4n) is 13.4. The Morgan fingerprint density at radius 2 is 1.44 bits per heavy atom. The smallest absolute Gasteiger partial charge is 0.133 e. The van der Waals surface area contributed by atoms with Crippen molar-refractivity contribution in [2.75, 3.05) is 0 Å². The molecule has 3 heterocycles. The summed E-state index contributed by atoms with van der Waals surface area (Å²) < 4.78 is 19.3. The number of rotatable bonds is 31. The molecule has 0 spiro atoms. The van der Waals surface area contributed by atoms with Crippen molar-refractivity contribution in [1.82, 2.24) is 0 Å². The molecule has 0 amide bonds. The summed E-state index contributed by atoms with van der Waals surface area (Å²) in [5, 5.41) is 2.44. The summed E-state index contributed by atoms with van der Waals surface area (Å²) in [5.41, 5.74) is 31.7. The Kier molecular flexibility index (Phi) is 26.0. The molecule has 1 fully saturated rings. The molecule has 0 radical (unpaired) electrons. The highest BCUT2D eigenvalue weighted by Gasteiger charge is 2.44. The van der Waals surface area contributed by atoms with Crippen molar-refractivity contribution in [1.29, 1.82) is 0 Å². The largest absolute Gasteiger partial charge is 0.324 e. The predicted octanol–water partition coefficient (Wildman–Crippen LogP) is 21.4. The van der Waals surface area contributed by atoms with Crippen LogP contribution < -0.4 is 17.2 Å². The van der Waals surface area contributed by atoms with E-state index in [1.54, 1.807) is 5.56 Å². The van der Waals surface area contributed by atoms with E-state index >= 15 is 4.39 Å². The standard InChI is InChI=1S/C66H102Br2FN3S3/c1-12-19-23-25-30-45(41(10)32-43(17-6)28-21-14-3)33-42(11)58-51-38-55(49-36-48(40(8)9)61(68)64(72)63(49)71)75-66(51)59(52-39-56(74-65(52)58)50-37-53(69)60(67)47(27-16-5)62(50)70)57-35-46(31-26-24-20-13-2)54(73-57)34-44(18-7)29-22-15-4/h33,36-38,41,43-47,54,56-57,62-64H,8,12-32,34-35,39,70-72H2,1-7,9-11H3. The van der Waals surface area contributed by atoms with Crippen LogP contribution in [0.3, 0.4) is 0 Å². The minimum Gasteiger partial charge on any atom is -0.324 e. The maximum Gasteiger partial charge on any atom is 0.133 e. The van der Waals surface area contributed by atoms with Crippen LogP contribution in [-0.4, -0.2) is 28.6 Å². The fourth-order valence-corrected chi connectivity index (χ4v) is 19.8. The Morgan fingerprint density at radius 3 is 2.08 bits per heavy atom. The molecule has 9 heteroatoms. The molecule has 1 saturated heterocycles. The number of fused-ring (bicyclic) bond motifs is 2. The van der Waals surface area contributed by atoms with Gasteiger partial charge in [0.1, 0.15) is 5.83 Å². The minimum absolute atomic E-state index is 0.0541. The first kappa shape index (κ1) is 63.3. The average molecular weight is 1210 g/mol. The van der Waals surface area contributed by atoms with Crippen LogP contribution in [0, 0.1) is 35.5 Å². The third-order valence-electron chi connectivity index (χ3n) is 18.2. The molecule has 3 nitrogen and oxygen atoms in total. The average Bonchev–Trinajstić information content (AvgIpc) is 4.14. The lowest BCUT2D eigenvalue weighted by atomic mass is 9.79. The number of benzene rings is 1. The molecule has 6 rings (SSSR count). The quantitative estimate of drug-likeness (QED) is 0.0656. The second-order valence-electron chi connectivity index (χ2n) is 23.9. The highest BCUT2D eigenvalue weighted by Crippen LogP contribution is 2.60. The molecular formula is C66H102Br2FN3S3. The Labute approximate surface area is 487 Å². The van der Waals surface area contributed by atoms with Gasteiger partial charge in [-0.1, -0.05) is 215 Å². The van der Waals surface area contributed by atoms with Gasteiger partial charge in [0.25, 0.3) is 0 Å². The zero-order valence-electron chi connectivity index (χ0n) is 48.5. The van der Waals surface area contributed by atoms with E-state index in [-0.39, 0.29) is 35.1 Å². The number of thioether (sulfide) groups is 2. The van der Waals surface area contributed by atoms with Crippen LogP contribution in [0.4, 0.5) is 4.39 Å². The number of halogens is 3.